The lowest BCUT2D eigenvalue weighted by Gasteiger charge is -2.07. The largest absolute Gasteiger partial charge is 0.496 e. The minimum atomic E-state index is -0.465. The zero-order valence-corrected chi connectivity index (χ0v) is 15.4. The standard InChI is InChI=1S/C18H16BrClO3/c1-11-8-15(9-12(2)18(11)20)23-17(21)7-4-13-10-14(19)5-6-16(13)22-3/h4-10H,1-3H3/b7-4+. The van der Waals surface area contributed by atoms with Gasteiger partial charge in [0.1, 0.15) is 11.5 Å². The fourth-order valence-electron chi connectivity index (χ4n) is 2.11. The number of hydrogen-bond donors (Lipinski definition) is 0. The van der Waals surface area contributed by atoms with E-state index in [9.17, 15) is 4.79 Å². The molecule has 0 aliphatic carbocycles. The monoisotopic (exact) mass is 394 g/mol. The van der Waals surface area contributed by atoms with Gasteiger partial charge in [0.2, 0.25) is 0 Å². The van der Waals surface area contributed by atoms with Gasteiger partial charge in [-0.05, 0) is 61.4 Å². The summed E-state index contributed by atoms with van der Waals surface area (Å²) in [5, 5.41) is 0.680. The molecule has 0 fully saturated rings. The lowest BCUT2D eigenvalue weighted by Crippen LogP contribution is -2.04. The summed E-state index contributed by atoms with van der Waals surface area (Å²) in [6, 6.07) is 9.02. The molecule has 0 N–H and O–H groups in total. The van der Waals surface area contributed by atoms with E-state index in [1.54, 1.807) is 25.3 Å². The van der Waals surface area contributed by atoms with Gasteiger partial charge in [-0.3, -0.25) is 0 Å². The molecule has 0 saturated heterocycles. The van der Waals surface area contributed by atoms with E-state index in [1.165, 1.54) is 6.08 Å². The fraction of sp³-hybridized carbons (Fsp3) is 0.167. The maximum absolute atomic E-state index is 12.0. The Morgan fingerprint density at radius 1 is 1.17 bits per heavy atom. The molecule has 23 heavy (non-hydrogen) atoms. The third-order valence-electron chi connectivity index (χ3n) is 3.22. The topological polar surface area (TPSA) is 35.5 Å². The first-order valence-corrected chi connectivity index (χ1v) is 8.08. The van der Waals surface area contributed by atoms with Crippen molar-refractivity contribution in [3.63, 3.8) is 0 Å². The molecule has 0 saturated carbocycles. The number of benzene rings is 2. The molecule has 2 rings (SSSR count). The van der Waals surface area contributed by atoms with Crippen molar-refractivity contribution in [2.75, 3.05) is 7.11 Å². The zero-order valence-electron chi connectivity index (χ0n) is 13.0. The van der Waals surface area contributed by atoms with Gasteiger partial charge in [-0.2, -0.15) is 0 Å². The Morgan fingerprint density at radius 3 is 2.43 bits per heavy atom. The maximum atomic E-state index is 12.0. The highest BCUT2D eigenvalue weighted by molar-refractivity contribution is 9.10. The van der Waals surface area contributed by atoms with Crippen molar-refractivity contribution < 1.29 is 14.3 Å². The van der Waals surface area contributed by atoms with Gasteiger partial charge in [0.05, 0.1) is 7.11 Å². The van der Waals surface area contributed by atoms with Crippen molar-refractivity contribution in [1.82, 2.24) is 0 Å². The second kappa shape index (κ2) is 7.66. The van der Waals surface area contributed by atoms with Crippen molar-refractivity contribution in [2.24, 2.45) is 0 Å². The lowest BCUT2D eigenvalue weighted by molar-refractivity contribution is -0.128. The third-order valence-corrected chi connectivity index (χ3v) is 4.31. The molecule has 0 atom stereocenters. The highest BCUT2D eigenvalue weighted by Crippen LogP contribution is 2.26. The molecule has 0 radical (unpaired) electrons. The van der Waals surface area contributed by atoms with Gasteiger partial charge >= 0.3 is 5.97 Å². The number of hydrogen-bond acceptors (Lipinski definition) is 3. The summed E-state index contributed by atoms with van der Waals surface area (Å²) in [5.41, 5.74) is 2.52. The number of methoxy groups -OCH3 is 1. The van der Waals surface area contributed by atoms with E-state index >= 15 is 0 Å². The van der Waals surface area contributed by atoms with E-state index in [0.717, 1.165) is 21.2 Å². The number of aryl methyl sites for hydroxylation is 2. The van der Waals surface area contributed by atoms with Crippen LogP contribution >= 0.6 is 27.5 Å². The first-order chi connectivity index (χ1) is 10.9. The Hall–Kier alpha value is -1.78. The molecule has 0 bridgehead atoms. The van der Waals surface area contributed by atoms with Gasteiger partial charge in [0, 0.05) is 21.1 Å². The molecule has 0 heterocycles. The van der Waals surface area contributed by atoms with E-state index in [2.05, 4.69) is 15.9 Å². The molecule has 0 spiro atoms. The molecule has 3 nitrogen and oxygen atoms in total. The van der Waals surface area contributed by atoms with Gasteiger partial charge in [0.15, 0.2) is 0 Å². The molecule has 0 aromatic heterocycles. The van der Waals surface area contributed by atoms with E-state index < -0.39 is 5.97 Å². The van der Waals surface area contributed by atoms with Gasteiger partial charge in [0.25, 0.3) is 0 Å². The number of rotatable bonds is 4. The quantitative estimate of drug-likeness (QED) is 0.398. The van der Waals surface area contributed by atoms with Crippen LogP contribution in [0.15, 0.2) is 40.9 Å². The molecule has 0 amide bonds. The van der Waals surface area contributed by atoms with Crippen LogP contribution in [0.3, 0.4) is 0 Å². The van der Waals surface area contributed by atoms with Gasteiger partial charge in [-0.25, -0.2) is 4.79 Å². The number of carbonyl (C=O) groups excluding carboxylic acids is 1. The highest BCUT2D eigenvalue weighted by Gasteiger charge is 2.07. The summed E-state index contributed by atoms with van der Waals surface area (Å²) in [4.78, 5) is 12.0. The van der Waals surface area contributed by atoms with E-state index in [0.29, 0.717) is 16.5 Å². The maximum Gasteiger partial charge on any atom is 0.336 e. The van der Waals surface area contributed by atoms with E-state index in [-0.39, 0.29) is 0 Å². The zero-order chi connectivity index (χ0) is 17.0. The third kappa shape index (κ3) is 4.60. The van der Waals surface area contributed by atoms with Crippen LogP contribution in [0.4, 0.5) is 0 Å². The van der Waals surface area contributed by atoms with Gasteiger partial charge in [-0.1, -0.05) is 27.5 Å². The summed E-state index contributed by atoms with van der Waals surface area (Å²) in [7, 11) is 1.58. The van der Waals surface area contributed by atoms with Crippen molar-refractivity contribution in [1.29, 1.82) is 0 Å². The smallest absolute Gasteiger partial charge is 0.336 e. The highest BCUT2D eigenvalue weighted by atomic mass is 79.9. The predicted molar refractivity (Wildman–Crippen MR) is 96.3 cm³/mol. The minimum Gasteiger partial charge on any atom is -0.496 e. The summed E-state index contributed by atoms with van der Waals surface area (Å²) < 4.78 is 11.5. The average Bonchev–Trinajstić information content (AvgIpc) is 2.50. The van der Waals surface area contributed by atoms with Crippen LogP contribution in [0.25, 0.3) is 6.08 Å². The van der Waals surface area contributed by atoms with Crippen molar-refractivity contribution >= 4 is 39.6 Å². The Morgan fingerprint density at radius 2 is 1.83 bits per heavy atom. The summed E-state index contributed by atoms with van der Waals surface area (Å²) in [5.74, 6) is 0.684. The van der Waals surface area contributed by atoms with Crippen LogP contribution in [-0.4, -0.2) is 13.1 Å². The van der Waals surface area contributed by atoms with E-state index in [1.807, 2.05) is 32.0 Å². The Kier molecular flexibility index (Phi) is 5.85. The molecule has 0 aliphatic rings. The van der Waals surface area contributed by atoms with Crippen LogP contribution in [-0.2, 0) is 4.79 Å². The first kappa shape index (κ1) is 17.6. The van der Waals surface area contributed by atoms with Gasteiger partial charge < -0.3 is 9.47 Å². The number of esters is 1. The van der Waals surface area contributed by atoms with Crippen molar-refractivity contribution in [3.05, 3.63) is 62.6 Å². The second-order valence-corrected chi connectivity index (χ2v) is 6.31. The molecular weight excluding hydrogens is 380 g/mol. The summed E-state index contributed by atoms with van der Waals surface area (Å²) in [6.45, 7) is 3.74. The summed E-state index contributed by atoms with van der Waals surface area (Å²) >= 11 is 9.49. The molecule has 0 aliphatic heterocycles. The molecular formula is C18H16BrClO3. The van der Waals surface area contributed by atoms with E-state index in [4.69, 9.17) is 21.1 Å². The van der Waals surface area contributed by atoms with Crippen molar-refractivity contribution in [2.45, 2.75) is 13.8 Å². The minimum absolute atomic E-state index is 0.465. The number of halogens is 2. The molecule has 5 heteroatoms. The van der Waals surface area contributed by atoms with Crippen LogP contribution in [0, 0.1) is 13.8 Å². The SMILES string of the molecule is COc1ccc(Br)cc1/C=C/C(=O)Oc1cc(C)c(Cl)c(C)c1. The van der Waals surface area contributed by atoms with Crippen molar-refractivity contribution in [3.8, 4) is 11.5 Å². The van der Waals surface area contributed by atoms with Gasteiger partial charge in [-0.15, -0.1) is 0 Å². The van der Waals surface area contributed by atoms with Crippen LogP contribution in [0.2, 0.25) is 5.02 Å². The average molecular weight is 396 g/mol. The summed E-state index contributed by atoms with van der Waals surface area (Å²) in [6.07, 6.45) is 3.02. The normalized spacial score (nSPS) is 10.8. The Balaban J connectivity index is 2.15. The fourth-order valence-corrected chi connectivity index (χ4v) is 2.60. The molecule has 2 aromatic rings. The predicted octanol–water partition coefficient (Wildman–Crippen LogP) is 5.35. The number of ether oxygens (including phenoxy) is 2. The van der Waals surface area contributed by atoms with Crippen LogP contribution < -0.4 is 9.47 Å². The Labute approximate surface area is 149 Å². The Bertz CT molecular complexity index is 746. The second-order valence-electron chi connectivity index (χ2n) is 5.01. The molecule has 120 valence electrons. The van der Waals surface area contributed by atoms with Crippen LogP contribution in [0.1, 0.15) is 16.7 Å². The van der Waals surface area contributed by atoms with Crippen LogP contribution in [0.5, 0.6) is 11.5 Å². The first-order valence-electron chi connectivity index (χ1n) is 6.91. The molecule has 2 aromatic carbocycles. The lowest BCUT2D eigenvalue weighted by atomic mass is 10.1. The number of carbonyl (C=O) groups is 1. The molecule has 0 unspecified atom stereocenters.